The van der Waals surface area contributed by atoms with Gasteiger partial charge in [0, 0.05) is 13.1 Å². The van der Waals surface area contributed by atoms with Gasteiger partial charge in [-0.1, -0.05) is 26.7 Å². The van der Waals surface area contributed by atoms with Gasteiger partial charge in [0.05, 0.1) is 22.7 Å². The number of hydrogen-bond acceptors (Lipinski definition) is 3. The first kappa shape index (κ1) is 18.5. The van der Waals surface area contributed by atoms with E-state index >= 15 is 0 Å². The fourth-order valence-corrected chi connectivity index (χ4v) is 2.82. The van der Waals surface area contributed by atoms with Gasteiger partial charge in [0.2, 0.25) is 0 Å². The van der Waals surface area contributed by atoms with Crippen LogP contribution in [0.2, 0.25) is 0 Å². The minimum Gasteiger partial charge on any atom is -0.388 e. The second-order valence-electron chi connectivity index (χ2n) is 5.89. The smallest absolute Gasteiger partial charge is 0.319 e. The molecule has 0 radical (unpaired) electrons. The number of amides is 2. The molecule has 3 N–H and O–H groups in total. The fourth-order valence-electron chi connectivity index (χ4n) is 2.82. The van der Waals surface area contributed by atoms with Crippen molar-refractivity contribution in [2.24, 2.45) is 0 Å². The Bertz CT molecular complexity index is 491. The first-order valence-corrected chi connectivity index (χ1v) is 8.18. The number of carbonyl (C=O) groups excluding carboxylic acids is 1. The first-order chi connectivity index (χ1) is 10.4. The number of aromatic nitrogens is 2. The predicted molar refractivity (Wildman–Crippen MR) is 89.2 cm³/mol. The second kappa shape index (κ2) is 8.17. The van der Waals surface area contributed by atoms with Gasteiger partial charge in [0.1, 0.15) is 0 Å². The highest BCUT2D eigenvalue weighted by Crippen LogP contribution is 2.20. The minimum atomic E-state index is -0.821. The van der Waals surface area contributed by atoms with E-state index in [9.17, 15) is 9.90 Å². The molecule has 2 amide bonds. The highest BCUT2D eigenvalue weighted by Gasteiger charge is 2.25. The van der Waals surface area contributed by atoms with Gasteiger partial charge in [-0.25, -0.2) is 4.79 Å². The van der Waals surface area contributed by atoms with Crippen molar-refractivity contribution in [3.63, 3.8) is 0 Å². The normalized spacial score (nSPS) is 11.5. The van der Waals surface area contributed by atoms with Gasteiger partial charge in [-0.05, 0) is 33.6 Å². The van der Waals surface area contributed by atoms with E-state index in [2.05, 4.69) is 15.7 Å². The minimum absolute atomic E-state index is 0.264. The summed E-state index contributed by atoms with van der Waals surface area (Å²) in [6.07, 6.45) is 3.16. The van der Waals surface area contributed by atoms with Gasteiger partial charge in [0.25, 0.3) is 0 Å². The summed E-state index contributed by atoms with van der Waals surface area (Å²) in [5, 5.41) is 20.5. The van der Waals surface area contributed by atoms with Gasteiger partial charge in [-0.15, -0.1) is 0 Å². The topological polar surface area (TPSA) is 79.2 Å². The molecule has 0 atom stereocenters. The van der Waals surface area contributed by atoms with Gasteiger partial charge in [-0.3, -0.25) is 4.68 Å². The van der Waals surface area contributed by atoms with E-state index in [0.29, 0.717) is 12.8 Å². The Morgan fingerprint density at radius 3 is 2.27 bits per heavy atom. The number of nitrogens with zero attached hydrogens (tertiary/aromatic N) is 2. The quantitative estimate of drug-likeness (QED) is 0.690. The van der Waals surface area contributed by atoms with Crippen molar-refractivity contribution in [2.75, 3.05) is 11.9 Å². The summed E-state index contributed by atoms with van der Waals surface area (Å²) in [7, 11) is 0. The van der Waals surface area contributed by atoms with Gasteiger partial charge < -0.3 is 15.7 Å². The monoisotopic (exact) mass is 310 g/mol. The Morgan fingerprint density at radius 1 is 1.23 bits per heavy atom. The van der Waals surface area contributed by atoms with Crippen LogP contribution in [0.4, 0.5) is 10.5 Å². The van der Waals surface area contributed by atoms with Crippen LogP contribution < -0.4 is 10.6 Å². The van der Waals surface area contributed by atoms with E-state index in [-0.39, 0.29) is 12.6 Å². The lowest BCUT2D eigenvalue weighted by Gasteiger charge is -2.27. The maximum atomic E-state index is 12.1. The van der Waals surface area contributed by atoms with Crippen LogP contribution >= 0.6 is 0 Å². The molecule has 1 heterocycles. The summed E-state index contributed by atoms with van der Waals surface area (Å²) in [5.74, 6) is 0. The van der Waals surface area contributed by atoms with Crippen molar-refractivity contribution < 1.29 is 9.90 Å². The number of aryl methyl sites for hydroxylation is 2. The fraction of sp³-hybridized carbons (Fsp3) is 0.750. The number of rotatable bonds is 8. The summed E-state index contributed by atoms with van der Waals surface area (Å²) in [4.78, 5) is 12.1. The summed E-state index contributed by atoms with van der Waals surface area (Å²) >= 11 is 0. The third kappa shape index (κ3) is 4.73. The zero-order valence-corrected chi connectivity index (χ0v) is 14.5. The van der Waals surface area contributed by atoms with Crippen molar-refractivity contribution in [3.05, 3.63) is 11.4 Å². The van der Waals surface area contributed by atoms with Crippen LogP contribution in [0.1, 0.15) is 57.8 Å². The molecule has 1 aromatic rings. The SMILES string of the molecule is CCCC(O)(CCC)CNC(=O)Nc1c(C)nn(CC)c1C. The standard InChI is InChI=1S/C16H30N4O2/c1-6-9-16(22,10-7-2)11-17-15(21)18-14-12(4)19-20(8-3)13(14)5/h22H,6-11H2,1-5H3,(H2,17,18,21). The average Bonchev–Trinajstić information content (AvgIpc) is 2.73. The first-order valence-electron chi connectivity index (χ1n) is 8.18. The molecular formula is C16H30N4O2. The molecule has 22 heavy (non-hydrogen) atoms. The summed E-state index contributed by atoms with van der Waals surface area (Å²) in [6.45, 7) is 10.9. The number of carbonyl (C=O) groups is 1. The number of nitrogens with one attached hydrogen (secondary N) is 2. The molecule has 0 saturated carbocycles. The molecule has 0 aliphatic heterocycles. The zero-order chi connectivity index (χ0) is 16.8. The van der Waals surface area contributed by atoms with Crippen LogP contribution in [0.15, 0.2) is 0 Å². The third-order valence-corrected chi connectivity index (χ3v) is 3.93. The lowest BCUT2D eigenvalue weighted by molar-refractivity contribution is 0.0245. The van der Waals surface area contributed by atoms with E-state index in [1.807, 2.05) is 39.3 Å². The van der Waals surface area contributed by atoms with Crippen LogP contribution in [0, 0.1) is 13.8 Å². The molecule has 0 bridgehead atoms. The van der Waals surface area contributed by atoms with Gasteiger partial charge in [0.15, 0.2) is 0 Å². The molecule has 1 rings (SSSR count). The van der Waals surface area contributed by atoms with E-state index in [1.165, 1.54) is 0 Å². The molecule has 6 nitrogen and oxygen atoms in total. The highest BCUT2D eigenvalue weighted by molar-refractivity contribution is 5.90. The summed E-state index contributed by atoms with van der Waals surface area (Å²) in [6, 6.07) is -0.299. The molecule has 0 saturated heterocycles. The molecule has 0 fully saturated rings. The van der Waals surface area contributed by atoms with Crippen LogP contribution in [0.5, 0.6) is 0 Å². The van der Waals surface area contributed by atoms with Crippen molar-refractivity contribution in [1.82, 2.24) is 15.1 Å². The Morgan fingerprint density at radius 2 is 1.82 bits per heavy atom. The molecule has 0 spiro atoms. The Labute approximate surface area is 133 Å². The van der Waals surface area contributed by atoms with E-state index in [1.54, 1.807) is 0 Å². The number of aliphatic hydroxyl groups is 1. The van der Waals surface area contributed by atoms with Gasteiger partial charge in [-0.2, -0.15) is 5.10 Å². The van der Waals surface area contributed by atoms with Crippen molar-refractivity contribution in [3.8, 4) is 0 Å². The second-order valence-corrected chi connectivity index (χ2v) is 5.89. The predicted octanol–water partition coefficient (Wildman–Crippen LogP) is 2.97. The Balaban J connectivity index is 2.65. The summed E-state index contributed by atoms with van der Waals surface area (Å²) in [5.41, 5.74) is 1.66. The lowest BCUT2D eigenvalue weighted by atomic mass is 9.93. The molecular weight excluding hydrogens is 280 g/mol. The molecule has 0 aliphatic carbocycles. The molecule has 0 unspecified atom stereocenters. The third-order valence-electron chi connectivity index (χ3n) is 3.93. The maximum Gasteiger partial charge on any atom is 0.319 e. The van der Waals surface area contributed by atoms with Crippen molar-refractivity contribution in [2.45, 2.75) is 72.4 Å². The molecule has 1 aromatic heterocycles. The highest BCUT2D eigenvalue weighted by atomic mass is 16.3. The number of anilines is 1. The van der Waals surface area contributed by atoms with E-state index in [0.717, 1.165) is 36.5 Å². The molecule has 6 heteroatoms. The van der Waals surface area contributed by atoms with E-state index < -0.39 is 5.60 Å². The van der Waals surface area contributed by atoms with Crippen LogP contribution in [0.25, 0.3) is 0 Å². The molecule has 0 aliphatic rings. The maximum absolute atomic E-state index is 12.1. The largest absolute Gasteiger partial charge is 0.388 e. The number of urea groups is 1. The Hall–Kier alpha value is -1.56. The van der Waals surface area contributed by atoms with Crippen molar-refractivity contribution in [1.29, 1.82) is 0 Å². The molecule has 0 aromatic carbocycles. The van der Waals surface area contributed by atoms with Crippen LogP contribution in [-0.4, -0.2) is 33.1 Å². The van der Waals surface area contributed by atoms with Gasteiger partial charge >= 0.3 is 6.03 Å². The zero-order valence-electron chi connectivity index (χ0n) is 14.5. The lowest BCUT2D eigenvalue weighted by Crippen LogP contribution is -2.44. The Kier molecular flexibility index (Phi) is 6.87. The number of hydrogen-bond donors (Lipinski definition) is 3. The molecule has 126 valence electrons. The van der Waals surface area contributed by atoms with E-state index in [4.69, 9.17) is 0 Å². The average molecular weight is 310 g/mol. The van der Waals surface area contributed by atoms with Crippen LogP contribution in [-0.2, 0) is 6.54 Å². The summed E-state index contributed by atoms with van der Waals surface area (Å²) < 4.78 is 1.86. The van der Waals surface area contributed by atoms with Crippen LogP contribution in [0.3, 0.4) is 0 Å². The van der Waals surface area contributed by atoms with Crippen molar-refractivity contribution >= 4 is 11.7 Å².